The number of halogens is 1. The fraction of sp³-hybridized carbons (Fsp3) is 0.286. The van der Waals surface area contributed by atoms with Gasteiger partial charge in [0.15, 0.2) is 11.6 Å². The zero-order valence-electron chi connectivity index (χ0n) is 11.2. The van der Waals surface area contributed by atoms with Crippen molar-refractivity contribution in [3.05, 3.63) is 47.8 Å². The van der Waals surface area contributed by atoms with Crippen LogP contribution in [0.3, 0.4) is 0 Å². The number of rotatable bonds is 5. The lowest BCUT2D eigenvalue weighted by atomic mass is 10.3. The minimum atomic E-state index is -1.05. The predicted octanol–water partition coefficient (Wildman–Crippen LogP) is 2.88. The number of nitrogens with zero attached hydrogens (tertiary/aromatic N) is 2. The third-order valence-corrected chi connectivity index (χ3v) is 2.80. The zero-order chi connectivity index (χ0) is 14.7. The van der Waals surface area contributed by atoms with Crippen molar-refractivity contribution in [2.45, 2.75) is 26.5 Å². The number of carboxylic acid groups (broad SMARTS) is 1. The van der Waals surface area contributed by atoms with E-state index >= 15 is 0 Å². The number of hydrogen-bond donors (Lipinski definition) is 1. The van der Waals surface area contributed by atoms with Crippen LogP contribution in [0.2, 0.25) is 0 Å². The number of aromatic nitrogens is 2. The fourth-order valence-corrected chi connectivity index (χ4v) is 1.94. The first-order chi connectivity index (χ1) is 9.50. The number of carboxylic acids is 1. The molecule has 0 atom stereocenters. The van der Waals surface area contributed by atoms with Crippen molar-refractivity contribution >= 4 is 5.97 Å². The van der Waals surface area contributed by atoms with Crippen molar-refractivity contribution < 1.29 is 19.0 Å². The number of carbonyl (C=O) groups is 1. The van der Waals surface area contributed by atoms with E-state index in [1.54, 1.807) is 16.7 Å². The molecule has 1 aromatic heterocycles. The first-order valence-electron chi connectivity index (χ1n) is 6.17. The number of aromatic carboxylic acids is 1. The summed E-state index contributed by atoms with van der Waals surface area (Å²) in [5.41, 5.74) is 0.0899. The van der Waals surface area contributed by atoms with E-state index in [0.717, 1.165) is 0 Å². The average molecular weight is 278 g/mol. The summed E-state index contributed by atoms with van der Waals surface area (Å²) in [5, 5.41) is 9.10. The Morgan fingerprint density at radius 3 is 2.75 bits per heavy atom. The molecule has 1 heterocycles. The molecule has 0 saturated carbocycles. The molecule has 0 saturated heterocycles. The zero-order valence-corrected chi connectivity index (χ0v) is 11.2. The van der Waals surface area contributed by atoms with Gasteiger partial charge in [-0.3, -0.25) is 0 Å². The van der Waals surface area contributed by atoms with Crippen LogP contribution < -0.4 is 4.74 Å². The van der Waals surface area contributed by atoms with Gasteiger partial charge in [0.25, 0.3) is 0 Å². The Morgan fingerprint density at radius 2 is 2.15 bits per heavy atom. The normalized spacial score (nSPS) is 10.8. The molecule has 2 rings (SSSR count). The predicted molar refractivity (Wildman–Crippen MR) is 70.3 cm³/mol. The minimum absolute atomic E-state index is 0.00634. The van der Waals surface area contributed by atoms with Gasteiger partial charge < -0.3 is 14.4 Å². The quantitative estimate of drug-likeness (QED) is 0.913. The lowest BCUT2D eigenvalue weighted by molar-refractivity contribution is 0.0682. The average Bonchev–Trinajstić information content (AvgIpc) is 2.82. The van der Waals surface area contributed by atoms with Crippen LogP contribution >= 0.6 is 0 Å². The maximum absolute atomic E-state index is 13.4. The highest BCUT2D eigenvalue weighted by Gasteiger charge is 2.18. The number of hydrogen-bond acceptors (Lipinski definition) is 3. The van der Waals surface area contributed by atoms with Crippen LogP contribution in [-0.4, -0.2) is 20.6 Å². The molecule has 0 unspecified atom stereocenters. The monoisotopic (exact) mass is 278 g/mol. The molecule has 2 aromatic rings. The van der Waals surface area contributed by atoms with Gasteiger partial charge in [0.2, 0.25) is 0 Å². The smallest absolute Gasteiger partial charge is 0.354 e. The van der Waals surface area contributed by atoms with E-state index in [4.69, 9.17) is 9.84 Å². The van der Waals surface area contributed by atoms with E-state index < -0.39 is 11.8 Å². The third-order valence-electron chi connectivity index (χ3n) is 2.80. The Labute approximate surface area is 115 Å². The maximum Gasteiger partial charge on any atom is 0.354 e. The highest BCUT2D eigenvalue weighted by molar-refractivity contribution is 5.85. The Kier molecular flexibility index (Phi) is 4.02. The maximum atomic E-state index is 13.4. The molecule has 0 aliphatic carbocycles. The molecule has 1 N–H and O–H groups in total. The summed E-state index contributed by atoms with van der Waals surface area (Å²) < 4.78 is 20.4. The molecule has 0 radical (unpaired) electrons. The van der Waals surface area contributed by atoms with E-state index in [-0.39, 0.29) is 24.1 Å². The van der Waals surface area contributed by atoms with E-state index in [9.17, 15) is 9.18 Å². The van der Waals surface area contributed by atoms with Crippen LogP contribution in [0.1, 0.15) is 36.2 Å². The Balaban J connectivity index is 2.22. The van der Waals surface area contributed by atoms with Crippen molar-refractivity contribution in [1.29, 1.82) is 0 Å². The lowest BCUT2D eigenvalue weighted by Crippen LogP contribution is -2.15. The molecule has 1 aromatic carbocycles. The van der Waals surface area contributed by atoms with E-state index in [1.807, 2.05) is 13.8 Å². The van der Waals surface area contributed by atoms with Crippen molar-refractivity contribution in [3.8, 4) is 5.75 Å². The number of ether oxygens (including phenoxy) is 1. The largest absolute Gasteiger partial charge is 0.483 e. The summed E-state index contributed by atoms with van der Waals surface area (Å²) in [5.74, 6) is -0.958. The van der Waals surface area contributed by atoms with Crippen LogP contribution in [-0.2, 0) is 6.61 Å². The fourth-order valence-electron chi connectivity index (χ4n) is 1.94. The van der Waals surface area contributed by atoms with Gasteiger partial charge in [-0.2, -0.15) is 0 Å². The number of imidazole rings is 1. The second-order valence-electron chi connectivity index (χ2n) is 4.55. The molecule has 0 bridgehead atoms. The molecule has 0 aliphatic rings. The van der Waals surface area contributed by atoms with Crippen LogP contribution in [0.25, 0.3) is 0 Å². The summed E-state index contributed by atoms with van der Waals surface area (Å²) in [4.78, 5) is 15.1. The van der Waals surface area contributed by atoms with Gasteiger partial charge in [-0.25, -0.2) is 14.2 Å². The first kappa shape index (κ1) is 14.0. The van der Waals surface area contributed by atoms with E-state index in [0.29, 0.717) is 5.82 Å². The van der Waals surface area contributed by atoms with Crippen molar-refractivity contribution in [2.24, 2.45) is 0 Å². The molecule has 6 heteroatoms. The standard InChI is InChI=1S/C14H15FN2O3/c1-9(2)17-11(14(18)19)7-16-13(17)8-20-12-6-4-3-5-10(12)15/h3-7,9H,8H2,1-2H3,(H,18,19). The summed E-state index contributed by atoms with van der Waals surface area (Å²) in [6.45, 7) is 3.70. The van der Waals surface area contributed by atoms with Gasteiger partial charge in [0, 0.05) is 6.04 Å². The van der Waals surface area contributed by atoms with Crippen LogP contribution in [0.5, 0.6) is 5.75 Å². The molecule has 0 spiro atoms. The van der Waals surface area contributed by atoms with Crippen molar-refractivity contribution in [3.63, 3.8) is 0 Å². The second kappa shape index (κ2) is 5.73. The lowest BCUT2D eigenvalue weighted by Gasteiger charge is -2.14. The highest BCUT2D eigenvalue weighted by atomic mass is 19.1. The molecule has 0 fully saturated rings. The van der Waals surface area contributed by atoms with Crippen LogP contribution in [0.4, 0.5) is 4.39 Å². The van der Waals surface area contributed by atoms with Crippen LogP contribution in [0.15, 0.2) is 30.5 Å². The summed E-state index contributed by atoms with van der Waals surface area (Å²) >= 11 is 0. The van der Waals surface area contributed by atoms with Gasteiger partial charge in [-0.1, -0.05) is 12.1 Å². The van der Waals surface area contributed by atoms with Gasteiger partial charge in [-0.15, -0.1) is 0 Å². The number of benzene rings is 1. The Hall–Kier alpha value is -2.37. The molecule has 5 nitrogen and oxygen atoms in total. The second-order valence-corrected chi connectivity index (χ2v) is 4.55. The van der Waals surface area contributed by atoms with Gasteiger partial charge in [-0.05, 0) is 26.0 Å². The molecule has 20 heavy (non-hydrogen) atoms. The molecule has 0 amide bonds. The Bertz CT molecular complexity index is 623. The van der Waals surface area contributed by atoms with E-state index in [1.165, 1.54) is 18.3 Å². The highest BCUT2D eigenvalue weighted by Crippen LogP contribution is 2.19. The molecule has 106 valence electrons. The van der Waals surface area contributed by atoms with Gasteiger partial charge >= 0.3 is 5.97 Å². The third kappa shape index (κ3) is 2.79. The van der Waals surface area contributed by atoms with Crippen molar-refractivity contribution in [2.75, 3.05) is 0 Å². The molecular weight excluding hydrogens is 263 g/mol. The Morgan fingerprint density at radius 1 is 1.45 bits per heavy atom. The molecule has 0 aliphatic heterocycles. The van der Waals surface area contributed by atoms with Crippen molar-refractivity contribution in [1.82, 2.24) is 9.55 Å². The van der Waals surface area contributed by atoms with Gasteiger partial charge in [0.1, 0.15) is 18.1 Å². The first-order valence-corrected chi connectivity index (χ1v) is 6.17. The number of para-hydroxylation sites is 1. The van der Waals surface area contributed by atoms with Crippen LogP contribution in [0, 0.1) is 5.82 Å². The summed E-state index contributed by atoms with van der Waals surface area (Å²) in [6.07, 6.45) is 1.28. The minimum Gasteiger partial charge on any atom is -0.483 e. The van der Waals surface area contributed by atoms with Gasteiger partial charge in [0.05, 0.1) is 6.20 Å². The summed E-state index contributed by atoms with van der Waals surface area (Å²) in [6, 6.07) is 5.96. The molecular formula is C14H15FN2O3. The van der Waals surface area contributed by atoms with E-state index in [2.05, 4.69) is 4.98 Å². The summed E-state index contributed by atoms with van der Waals surface area (Å²) in [7, 11) is 0. The topological polar surface area (TPSA) is 64.4 Å². The SMILES string of the molecule is CC(C)n1c(C(=O)O)cnc1COc1ccccc1F.